The molecule has 1 aliphatic carbocycles. The van der Waals surface area contributed by atoms with E-state index in [0.717, 1.165) is 25.9 Å². The molecule has 0 spiro atoms. The number of rotatable bonds is 1. The predicted octanol–water partition coefficient (Wildman–Crippen LogP) is 1.92. The minimum atomic E-state index is -0.0979. The van der Waals surface area contributed by atoms with Gasteiger partial charge >= 0.3 is 0 Å². The Hall–Kier alpha value is -0.860. The molecule has 1 N–H and O–H groups in total. The van der Waals surface area contributed by atoms with E-state index in [1.54, 1.807) is 0 Å². The molecule has 1 aliphatic heterocycles. The zero-order chi connectivity index (χ0) is 10.3. The Morgan fingerprint density at radius 1 is 1.07 bits per heavy atom. The highest BCUT2D eigenvalue weighted by molar-refractivity contribution is 5.30. The molecule has 0 radical (unpaired) electrons. The first-order valence-electron chi connectivity index (χ1n) is 5.83. The maximum atomic E-state index is 9.89. The highest BCUT2D eigenvalue weighted by Gasteiger charge is 2.33. The first kappa shape index (κ1) is 9.37. The van der Waals surface area contributed by atoms with E-state index in [-0.39, 0.29) is 6.10 Å². The van der Waals surface area contributed by atoms with Crippen molar-refractivity contribution in [3.8, 4) is 0 Å². The van der Waals surface area contributed by atoms with Gasteiger partial charge in [0.1, 0.15) is 0 Å². The van der Waals surface area contributed by atoms with E-state index in [1.165, 1.54) is 17.5 Å². The van der Waals surface area contributed by atoms with Gasteiger partial charge < -0.3 is 5.11 Å². The second kappa shape index (κ2) is 3.62. The van der Waals surface area contributed by atoms with E-state index < -0.39 is 0 Å². The molecule has 1 saturated carbocycles. The van der Waals surface area contributed by atoms with Crippen molar-refractivity contribution in [2.45, 2.75) is 44.5 Å². The van der Waals surface area contributed by atoms with Gasteiger partial charge in [-0.3, -0.25) is 4.90 Å². The molecule has 0 aromatic heterocycles. The fourth-order valence-electron chi connectivity index (χ4n) is 2.94. The Balaban J connectivity index is 1.78. The van der Waals surface area contributed by atoms with Gasteiger partial charge in [0.05, 0.1) is 6.10 Å². The van der Waals surface area contributed by atoms with Gasteiger partial charge in [-0.15, -0.1) is 0 Å². The van der Waals surface area contributed by atoms with Crippen LogP contribution < -0.4 is 0 Å². The lowest BCUT2D eigenvalue weighted by molar-refractivity contribution is 0.0690. The molecule has 2 nitrogen and oxygen atoms in total. The molecular formula is C13H17NO. The van der Waals surface area contributed by atoms with E-state index in [2.05, 4.69) is 29.2 Å². The summed E-state index contributed by atoms with van der Waals surface area (Å²) in [5, 5.41) is 9.89. The number of fused-ring (bicyclic) bond motifs is 1. The molecule has 0 amide bonds. The molecule has 0 saturated heterocycles. The van der Waals surface area contributed by atoms with Gasteiger partial charge in [-0.2, -0.15) is 0 Å². The summed E-state index contributed by atoms with van der Waals surface area (Å²) in [6.07, 6.45) is 3.23. The van der Waals surface area contributed by atoms with Crippen molar-refractivity contribution < 1.29 is 5.11 Å². The third-order valence-electron chi connectivity index (χ3n) is 3.78. The van der Waals surface area contributed by atoms with Crippen molar-refractivity contribution >= 4 is 0 Å². The van der Waals surface area contributed by atoms with Crippen LogP contribution in [0.4, 0.5) is 0 Å². The Labute approximate surface area is 90.5 Å². The molecule has 1 aromatic rings. The van der Waals surface area contributed by atoms with Crippen LogP contribution in [0.2, 0.25) is 0 Å². The first-order valence-corrected chi connectivity index (χ1v) is 5.83. The zero-order valence-electron chi connectivity index (χ0n) is 8.89. The van der Waals surface area contributed by atoms with Crippen molar-refractivity contribution in [3.63, 3.8) is 0 Å². The molecule has 0 bridgehead atoms. The van der Waals surface area contributed by atoms with Crippen LogP contribution in [0.1, 0.15) is 30.4 Å². The third kappa shape index (κ3) is 1.58. The van der Waals surface area contributed by atoms with Gasteiger partial charge in [-0.1, -0.05) is 24.3 Å². The fourth-order valence-corrected chi connectivity index (χ4v) is 2.94. The van der Waals surface area contributed by atoms with Crippen molar-refractivity contribution in [2.24, 2.45) is 0 Å². The summed E-state index contributed by atoms with van der Waals surface area (Å²) in [6, 6.07) is 9.02. The van der Waals surface area contributed by atoms with Gasteiger partial charge in [0.15, 0.2) is 0 Å². The van der Waals surface area contributed by atoms with Crippen LogP contribution in [0.3, 0.4) is 0 Å². The van der Waals surface area contributed by atoms with Crippen LogP contribution in [0.15, 0.2) is 24.3 Å². The minimum Gasteiger partial charge on any atom is -0.391 e. The number of hydrogen-bond donors (Lipinski definition) is 1. The van der Waals surface area contributed by atoms with Crippen LogP contribution in [-0.4, -0.2) is 22.2 Å². The molecule has 0 unspecified atom stereocenters. The second-order valence-corrected chi connectivity index (χ2v) is 4.74. The molecule has 1 aromatic carbocycles. The van der Waals surface area contributed by atoms with E-state index >= 15 is 0 Å². The summed E-state index contributed by atoms with van der Waals surface area (Å²) in [6.45, 7) is 2.05. The van der Waals surface area contributed by atoms with Crippen LogP contribution in [0, 0.1) is 0 Å². The molecule has 3 rings (SSSR count). The summed E-state index contributed by atoms with van der Waals surface area (Å²) in [5.41, 5.74) is 2.88. The molecule has 80 valence electrons. The van der Waals surface area contributed by atoms with Gasteiger partial charge in [-0.05, 0) is 30.4 Å². The zero-order valence-corrected chi connectivity index (χ0v) is 8.89. The second-order valence-electron chi connectivity index (χ2n) is 4.74. The van der Waals surface area contributed by atoms with E-state index in [1.807, 2.05) is 0 Å². The molecule has 2 aliphatic rings. The largest absolute Gasteiger partial charge is 0.391 e. The molecule has 2 heteroatoms. The lowest BCUT2D eigenvalue weighted by atomic mass is 10.1. The minimum absolute atomic E-state index is 0.0979. The normalized spacial score (nSPS) is 30.7. The Kier molecular flexibility index (Phi) is 2.26. The maximum Gasteiger partial charge on any atom is 0.0695 e. The fraction of sp³-hybridized carbons (Fsp3) is 0.538. The van der Waals surface area contributed by atoms with E-state index in [0.29, 0.717) is 6.04 Å². The van der Waals surface area contributed by atoms with E-state index in [9.17, 15) is 5.11 Å². The van der Waals surface area contributed by atoms with E-state index in [4.69, 9.17) is 0 Å². The smallest absolute Gasteiger partial charge is 0.0695 e. The van der Waals surface area contributed by atoms with Gasteiger partial charge in [0, 0.05) is 19.1 Å². The number of nitrogens with zero attached hydrogens (tertiary/aromatic N) is 1. The average molecular weight is 203 g/mol. The molecule has 1 heterocycles. The number of aliphatic hydroxyl groups is 1. The standard InChI is InChI=1S/C13H17NO/c15-13-7-3-6-12(13)14-8-10-4-1-2-5-11(10)9-14/h1-2,4-5,12-13,15H,3,6-9H2/t12-,13-/m1/s1. The van der Waals surface area contributed by atoms with Gasteiger partial charge in [0.25, 0.3) is 0 Å². The van der Waals surface area contributed by atoms with Crippen molar-refractivity contribution in [3.05, 3.63) is 35.4 Å². The topological polar surface area (TPSA) is 23.5 Å². The van der Waals surface area contributed by atoms with Crippen LogP contribution in [-0.2, 0) is 13.1 Å². The monoisotopic (exact) mass is 203 g/mol. The third-order valence-corrected chi connectivity index (χ3v) is 3.78. The summed E-state index contributed by atoms with van der Waals surface area (Å²) in [7, 11) is 0. The predicted molar refractivity (Wildman–Crippen MR) is 59.3 cm³/mol. The van der Waals surface area contributed by atoms with Crippen LogP contribution in [0.5, 0.6) is 0 Å². The van der Waals surface area contributed by atoms with Gasteiger partial charge in [0.2, 0.25) is 0 Å². The molecular weight excluding hydrogens is 186 g/mol. The quantitative estimate of drug-likeness (QED) is 0.753. The van der Waals surface area contributed by atoms with Crippen LogP contribution >= 0.6 is 0 Å². The summed E-state index contributed by atoms with van der Waals surface area (Å²) >= 11 is 0. The molecule has 2 atom stereocenters. The van der Waals surface area contributed by atoms with Crippen molar-refractivity contribution in [2.75, 3.05) is 0 Å². The molecule has 15 heavy (non-hydrogen) atoms. The number of benzene rings is 1. The van der Waals surface area contributed by atoms with Crippen molar-refractivity contribution in [1.29, 1.82) is 0 Å². The SMILES string of the molecule is O[C@@H]1CCC[C@H]1N1Cc2ccccc2C1. The average Bonchev–Trinajstić information content (AvgIpc) is 2.82. The van der Waals surface area contributed by atoms with Gasteiger partial charge in [-0.25, -0.2) is 0 Å². The highest BCUT2D eigenvalue weighted by Crippen LogP contribution is 2.31. The Morgan fingerprint density at radius 3 is 2.27 bits per heavy atom. The first-order chi connectivity index (χ1) is 7.34. The van der Waals surface area contributed by atoms with Crippen LogP contribution in [0.25, 0.3) is 0 Å². The molecule has 1 fully saturated rings. The Morgan fingerprint density at radius 2 is 1.73 bits per heavy atom. The number of hydrogen-bond acceptors (Lipinski definition) is 2. The summed E-state index contributed by atoms with van der Waals surface area (Å²) < 4.78 is 0. The lowest BCUT2D eigenvalue weighted by Crippen LogP contribution is -2.36. The lowest BCUT2D eigenvalue weighted by Gasteiger charge is -2.26. The summed E-state index contributed by atoms with van der Waals surface area (Å²) in [4.78, 5) is 2.43. The summed E-state index contributed by atoms with van der Waals surface area (Å²) in [5.74, 6) is 0. The Bertz CT molecular complexity index is 338. The number of aliphatic hydroxyl groups excluding tert-OH is 1. The highest BCUT2D eigenvalue weighted by atomic mass is 16.3. The van der Waals surface area contributed by atoms with Crippen molar-refractivity contribution in [1.82, 2.24) is 4.90 Å². The maximum absolute atomic E-state index is 9.89.